The number of morpholine rings is 1. The molecular weight excluding hydrogens is 221 g/mol. The molecular formula is C12H18FN3O. The highest BCUT2D eigenvalue weighted by Crippen LogP contribution is 2.13. The number of halogens is 1. The Labute approximate surface area is 101 Å². The average molecular weight is 239 g/mol. The molecule has 0 spiro atoms. The summed E-state index contributed by atoms with van der Waals surface area (Å²) in [5, 5.41) is 2.10. The van der Waals surface area contributed by atoms with Gasteiger partial charge >= 0.3 is 0 Å². The lowest BCUT2D eigenvalue weighted by molar-refractivity contribution is 0.00404. The van der Waals surface area contributed by atoms with E-state index in [1.807, 2.05) is 0 Å². The first kappa shape index (κ1) is 12.4. The third-order valence-corrected chi connectivity index (χ3v) is 2.86. The highest BCUT2D eigenvalue weighted by molar-refractivity contribution is 5.20. The smallest absolute Gasteiger partial charge is 0.123 e. The Balaban J connectivity index is 1.97. The largest absolute Gasteiger partial charge is 0.379 e. The number of nitrogens with two attached hydrogens (primary N) is 1. The first-order valence-corrected chi connectivity index (χ1v) is 5.84. The molecule has 0 saturated carbocycles. The van der Waals surface area contributed by atoms with E-state index in [1.54, 1.807) is 12.1 Å². The maximum Gasteiger partial charge on any atom is 0.123 e. The summed E-state index contributed by atoms with van der Waals surface area (Å²) in [5.41, 5.74) is 10.1. The molecule has 0 amide bonds. The summed E-state index contributed by atoms with van der Waals surface area (Å²) >= 11 is 0. The van der Waals surface area contributed by atoms with Crippen molar-refractivity contribution in [3.05, 3.63) is 35.6 Å². The highest BCUT2D eigenvalue weighted by Gasteiger charge is 2.16. The Morgan fingerprint density at radius 2 is 1.94 bits per heavy atom. The lowest BCUT2D eigenvalue weighted by Gasteiger charge is -2.31. The molecule has 1 unspecified atom stereocenters. The van der Waals surface area contributed by atoms with Crippen molar-refractivity contribution in [2.45, 2.75) is 6.04 Å². The van der Waals surface area contributed by atoms with Crippen LogP contribution in [0.15, 0.2) is 24.3 Å². The second-order valence-corrected chi connectivity index (χ2v) is 4.07. The van der Waals surface area contributed by atoms with Crippen LogP contribution in [0.5, 0.6) is 0 Å². The van der Waals surface area contributed by atoms with Crippen molar-refractivity contribution in [3.63, 3.8) is 0 Å². The van der Waals surface area contributed by atoms with Crippen LogP contribution < -0.4 is 11.2 Å². The lowest BCUT2D eigenvalue weighted by atomic mass is 10.1. The molecule has 0 bridgehead atoms. The van der Waals surface area contributed by atoms with Gasteiger partial charge in [-0.15, -0.1) is 0 Å². The Hall–Kier alpha value is -1.01. The molecule has 3 N–H and O–H groups in total. The summed E-state index contributed by atoms with van der Waals surface area (Å²) in [4.78, 5) is 0. The van der Waals surface area contributed by atoms with Gasteiger partial charge in [0.1, 0.15) is 5.82 Å². The molecule has 0 aliphatic carbocycles. The van der Waals surface area contributed by atoms with E-state index in [0.29, 0.717) is 6.54 Å². The van der Waals surface area contributed by atoms with Crippen molar-refractivity contribution in [1.29, 1.82) is 0 Å². The summed E-state index contributed by atoms with van der Waals surface area (Å²) in [6.07, 6.45) is 0. The molecule has 1 aromatic rings. The maximum atomic E-state index is 12.8. The summed E-state index contributed by atoms with van der Waals surface area (Å²) in [6, 6.07) is 6.46. The van der Waals surface area contributed by atoms with Crippen LogP contribution in [0.3, 0.4) is 0 Å². The first-order valence-electron chi connectivity index (χ1n) is 5.84. The minimum Gasteiger partial charge on any atom is -0.379 e. The van der Waals surface area contributed by atoms with Crippen molar-refractivity contribution in [2.24, 2.45) is 5.73 Å². The predicted octanol–water partition coefficient (Wildman–Crippen LogP) is 0.662. The zero-order valence-corrected chi connectivity index (χ0v) is 9.73. The Morgan fingerprint density at radius 3 is 2.53 bits per heavy atom. The lowest BCUT2D eigenvalue weighted by Crippen LogP contribution is -2.48. The van der Waals surface area contributed by atoms with Crippen molar-refractivity contribution in [2.75, 3.05) is 32.8 Å². The van der Waals surface area contributed by atoms with Crippen molar-refractivity contribution < 1.29 is 9.13 Å². The molecule has 17 heavy (non-hydrogen) atoms. The predicted molar refractivity (Wildman–Crippen MR) is 63.7 cm³/mol. The minimum absolute atomic E-state index is 0.0219. The van der Waals surface area contributed by atoms with Gasteiger partial charge in [-0.2, -0.15) is 0 Å². The maximum absolute atomic E-state index is 12.8. The van der Waals surface area contributed by atoms with Gasteiger partial charge in [-0.1, -0.05) is 12.1 Å². The van der Waals surface area contributed by atoms with Gasteiger partial charge in [0.2, 0.25) is 0 Å². The van der Waals surface area contributed by atoms with Crippen LogP contribution in [0.1, 0.15) is 11.6 Å². The average Bonchev–Trinajstić information content (AvgIpc) is 2.38. The standard InChI is InChI=1S/C12H18FN3O/c13-11-3-1-10(2-4-11)12(9-14)15-16-5-7-17-8-6-16/h1-4,12,15H,5-9,14H2. The van der Waals surface area contributed by atoms with Gasteiger partial charge in [-0.05, 0) is 17.7 Å². The number of benzene rings is 1. The number of rotatable bonds is 4. The Bertz CT molecular complexity index is 338. The fourth-order valence-electron chi connectivity index (χ4n) is 1.87. The Morgan fingerprint density at radius 1 is 1.29 bits per heavy atom. The first-order chi connectivity index (χ1) is 8.29. The molecule has 0 aromatic heterocycles. The van der Waals surface area contributed by atoms with E-state index < -0.39 is 0 Å². The molecule has 1 aromatic carbocycles. The molecule has 1 aliphatic rings. The molecule has 1 atom stereocenters. The fraction of sp³-hybridized carbons (Fsp3) is 0.500. The van der Waals surface area contributed by atoms with Crippen LogP contribution in [-0.4, -0.2) is 37.9 Å². The number of ether oxygens (including phenoxy) is 1. The van der Waals surface area contributed by atoms with E-state index in [-0.39, 0.29) is 11.9 Å². The zero-order chi connectivity index (χ0) is 12.1. The van der Waals surface area contributed by atoms with Gasteiger partial charge < -0.3 is 10.5 Å². The fourth-order valence-corrected chi connectivity index (χ4v) is 1.87. The van der Waals surface area contributed by atoms with Gasteiger partial charge in [0.25, 0.3) is 0 Å². The molecule has 4 nitrogen and oxygen atoms in total. The van der Waals surface area contributed by atoms with Crippen LogP contribution in [0.4, 0.5) is 4.39 Å². The van der Waals surface area contributed by atoms with Gasteiger partial charge in [-0.3, -0.25) is 0 Å². The number of nitrogens with zero attached hydrogens (tertiary/aromatic N) is 1. The van der Waals surface area contributed by atoms with E-state index in [9.17, 15) is 4.39 Å². The third-order valence-electron chi connectivity index (χ3n) is 2.86. The molecule has 94 valence electrons. The monoisotopic (exact) mass is 239 g/mol. The van der Waals surface area contributed by atoms with Crippen LogP contribution in [-0.2, 0) is 4.74 Å². The number of hydrogen-bond acceptors (Lipinski definition) is 4. The van der Waals surface area contributed by atoms with Crippen molar-refractivity contribution in [1.82, 2.24) is 10.4 Å². The molecule has 0 radical (unpaired) electrons. The van der Waals surface area contributed by atoms with Gasteiger partial charge in [0, 0.05) is 19.6 Å². The number of hydrogen-bond donors (Lipinski definition) is 2. The SMILES string of the molecule is NCC(NN1CCOCC1)c1ccc(F)cc1. The highest BCUT2D eigenvalue weighted by atomic mass is 19.1. The second kappa shape index (κ2) is 6.07. The number of hydrazine groups is 1. The quantitative estimate of drug-likeness (QED) is 0.810. The third kappa shape index (κ3) is 3.47. The van der Waals surface area contributed by atoms with E-state index in [2.05, 4.69) is 10.4 Å². The van der Waals surface area contributed by atoms with E-state index in [0.717, 1.165) is 31.9 Å². The molecule has 1 fully saturated rings. The van der Waals surface area contributed by atoms with Crippen LogP contribution in [0.25, 0.3) is 0 Å². The van der Waals surface area contributed by atoms with Crippen LogP contribution in [0, 0.1) is 5.82 Å². The van der Waals surface area contributed by atoms with Crippen molar-refractivity contribution >= 4 is 0 Å². The van der Waals surface area contributed by atoms with Gasteiger partial charge in [0.15, 0.2) is 0 Å². The molecule has 1 aliphatic heterocycles. The van der Waals surface area contributed by atoms with E-state index >= 15 is 0 Å². The molecule has 1 saturated heterocycles. The molecule has 2 rings (SSSR count). The minimum atomic E-state index is -0.226. The normalized spacial score (nSPS) is 19.2. The summed E-state index contributed by atoms with van der Waals surface area (Å²) in [6.45, 7) is 3.62. The zero-order valence-electron chi connectivity index (χ0n) is 9.73. The number of nitrogens with one attached hydrogen (secondary N) is 1. The second-order valence-electron chi connectivity index (χ2n) is 4.07. The molecule has 1 heterocycles. The molecule has 5 heteroatoms. The van der Waals surface area contributed by atoms with E-state index in [1.165, 1.54) is 12.1 Å². The van der Waals surface area contributed by atoms with E-state index in [4.69, 9.17) is 10.5 Å². The summed E-state index contributed by atoms with van der Waals surface area (Å²) in [7, 11) is 0. The van der Waals surface area contributed by atoms with Crippen LogP contribution in [0.2, 0.25) is 0 Å². The summed E-state index contributed by atoms with van der Waals surface area (Å²) < 4.78 is 18.1. The Kier molecular flexibility index (Phi) is 4.44. The van der Waals surface area contributed by atoms with Gasteiger partial charge in [0.05, 0.1) is 19.3 Å². The summed E-state index contributed by atoms with van der Waals surface area (Å²) in [5.74, 6) is -0.226. The van der Waals surface area contributed by atoms with Crippen molar-refractivity contribution in [3.8, 4) is 0 Å². The topological polar surface area (TPSA) is 50.5 Å². The van der Waals surface area contributed by atoms with Crippen LogP contribution >= 0.6 is 0 Å². The van der Waals surface area contributed by atoms with Gasteiger partial charge in [-0.25, -0.2) is 14.8 Å².